The quantitative estimate of drug-likeness (QED) is 0.777. The van der Waals surface area contributed by atoms with E-state index in [4.69, 9.17) is 4.74 Å². The summed E-state index contributed by atoms with van der Waals surface area (Å²) in [5.41, 5.74) is 1.55. The molecule has 3 rings (SSSR count). The number of aryl methyl sites for hydroxylation is 1. The predicted octanol–water partition coefficient (Wildman–Crippen LogP) is 3.44. The van der Waals surface area contributed by atoms with Crippen LogP contribution in [-0.2, 0) is 11.2 Å². The van der Waals surface area contributed by atoms with Gasteiger partial charge in [0.15, 0.2) is 0 Å². The van der Waals surface area contributed by atoms with Gasteiger partial charge >= 0.3 is 0 Å². The highest BCUT2D eigenvalue weighted by Gasteiger charge is 2.24. The van der Waals surface area contributed by atoms with Gasteiger partial charge in [-0.15, -0.1) is 0 Å². The van der Waals surface area contributed by atoms with Gasteiger partial charge in [-0.05, 0) is 67.1 Å². The molecular formula is C23H27FN2O3. The molecule has 1 fully saturated rings. The summed E-state index contributed by atoms with van der Waals surface area (Å²) in [6.07, 6.45) is 3.09. The number of carbonyl (C=O) groups excluding carboxylic acids is 2. The van der Waals surface area contributed by atoms with E-state index in [0.29, 0.717) is 31.5 Å². The fraction of sp³-hybridized carbons (Fsp3) is 0.391. The maximum absolute atomic E-state index is 13.0. The highest BCUT2D eigenvalue weighted by Crippen LogP contribution is 2.18. The molecule has 1 N–H and O–H groups in total. The highest BCUT2D eigenvalue weighted by molar-refractivity contribution is 5.94. The van der Waals surface area contributed by atoms with Crippen molar-refractivity contribution in [3.8, 4) is 5.75 Å². The van der Waals surface area contributed by atoms with E-state index in [1.54, 1.807) is 7.11 Å². The summed E-state index contributed by atoms with van der Waals surface area (Å²) >= 11 is 0. The van der Waals surface area contributed by atoms with Gasteiger partial charge < -0.3 is 15.0 Å². The Morgan fingerprint density at radius 1 is 1.14 bits per heavy atom. The second kappa shape index (κ2) is 10.0. The first-order chi connectivity index (χ1) is 14.0. The van der Waals surface area contributed by atoms with Crippen LogP contribution in [0.15, 0.2) is 48.5 Å². The Morgan fingerprint density at radius 3 is 2.55 bits per heavy atom. The molecule has 0 aromatic heterocycles. The number of hydrogen-bond donors (Lipinski definition) is 1. The van der Waals surface area contributed by atoms with E-state index >= 15 is 0 Å². The van der Waals surface area contributed by atoms with Gasteiger partial charge in [0, 0.05) is 31.6 Å². The molecule has 1 saturated heterocycles. The lowest BCUT2D eigenvalue weighted by Gasteiger charge is -2.33. The number of carbonyl (C=O) groups is 2. The SMILES string of the molecule is COc1ccc(CCC(=O)N2CCCC(CNC(=O)c3ccc(F)cc3)C2)cc1. The van der Waals surface area contributed by atoms with Crippen LogP contribution in [0.4, 0.5) is 4.39 Å². The first kappa shape index (κ1) is 20.8. The van der Waals surface area contributed by atoms with Gasteiger partial charge in [0.05, 0.1) is 7.11 Å². The second-order valence-electron chi connectivity index (χ2n) is 7.41. The fourth-order valence-electron chi connectivity index (χ4n) is 3.60. The van der Waals surface area contributed by atoms with Crippen LogP contribution in [0.5, 0.6) is 5.75 Å². The van der Waals surface area contributed by atoms with Crippen molar-refractivity contribution in [1.29, 1.82) is 0 Å². The summed E-state index contributed by atoms with van der Waals surface area (Å²) in [6, 6.07) is 13.3. The van der Waals surface area contributed by atoms with Crippen molar-refractivity contribution in [1.82, 2.24) is 10.2 Å². The number of methoxy groups -OCH3 is 1. The number of likely N-dealkylation sites (tertiary alicyclic amines) is 1. The molecular weight excluding hydrogens is 371 g/mol. The number of amides is 2. The maximum atomic E-state index is 13.0. The Hall–Kier alpha value is -2.89. The lowest BCUT2D eigenvalue weighted by molar-refractivity contribution is -0.132. The van der Waals surface area contributed by atoms with Crippen LogP contribution in [0.3, 0.4) is 0 Å². The van der Waals surface area contributed by atoms with E-state index in [-0.39, 0.29) is 23.5 Å². The molecule has 0 bridgehead atoms. The molecule has 1 aliphatic heterocycles. The average molecular weight is 398 g/mol. The van der Waals surface area contributed by atoms with Gasteiger partial charge in [-0.1, -0.05) is 12.1 Å². The smallest absolute Gasteiger partial charge is 0.251 e. The second-order valence-corrected chi connectivity index (χ2v) is 7.41. The Morgan fingerprint density at radius 2 is 1.86 bits per heavy atom. The summed E-state index contributed by atoms with van der Waals surface area (Å²) in [5.74, 6) is 0.612. The van der Waals surface area contributed by atoms with Crippen LogP contribution in [0.25, 0.3) is 0 Å². The van der Waals surface area contributed by atoms with E-state index < -0.39 is 0 Å². The minimum atomic E-state index is -0.363. The third-order valence-corrected chi connectivity index (χ3v) is 5.32. The van der Waals surface area contributed by atoms with Gasteiger partial charge in [-0.25, -0.2) is 4.39 Å². The zero-order valence-electron chi connectivity index (χ0n) is 16.7. The van der Waals surface area contributed by atoms with Crippen molar-refractivity contribution >= 4 is 11.8 Å². The van der Waals surface area contributed by atoms with Crippen molar-refractivity contribution in [2.24, 2.45) is 5.92 Å². The normalized spacial score (nSPS) is 16.3. The molecule has 0 saturated carbocycles. The summed E-state index contributed by atoms with van der Waals surface area (Å²) in [7, 11) is 1.63. The number of ether oxygens (including phenoxy) is 1. The van der Waals surface area contributed by atoms with Crippen molar-refractivity contribution in [3.63, 3.8) is 0 Å². The predicted molar refractivity (Wildman–Crippen MR) is 109 cm³/mol. The Kier molecular flexibility index (Phi) is 7.22. The van der Waals surface area contributed by atoms with Crippen molar-refractivity contribution in [3.05, 3.63) is 65.5 Å². The average Bonchev–Trinajstić information content (AvgIpc) is 2.77. The van der Waals surface area contributed by atoms with Gasteiger partial charge in [0.25, 0.3) is 5.91 Å². The van der Waals surface area contributed by atoms with E-state index in [9.17, 15) is 14.0 Å². The van der Waals surface area contributed by atoms with Gasteiger partial charge in [0.2, 0.25) is 5.91 Å². The molecule has 1 unspecified atom stereocenters. The molecule has 6 heteroatoms. The standard InChI is InChI=1S/C23H27FN2O3/c1-29-21-11-4-17(5-12-21)6-13-22(27)26-14-2-3-18(16-26)15-25-23(28)19-7-9-20(24)10-8-19/h4-5,7-12,18H,2-3,6,13-16H2,1H3,(H,25,28). The first-order valence-electron chi connectivity index (χ1n) is 9.99. The monoisotopic (exact) mass is 398 g/mol. The van der Waals surface area contributed by atoms with Crippen molar-refractivity contribution < 1.29 is 18.7 Å². The highest BCUT2D eigenvalue weighted by atomic mass is 19.1. The van der Waals surface area contributed by atoms with Gasteiger partial charge in [0.1, 0.15) is 11.6 Å². The largest absolute Gasteiger partial charge is 0.497 e. The number of nitrogens with one attached hydrogen (secondary N) is 1. The Labute approximate surface area is 170 Å². The number of piperidine rings is 1. The molecule has 1 atom stereocenters. The van der Waals surface area contributed by atoms with Gasteiger partial charge in [-0.2, -0.15) is 0 Å². The molecule has 2 amide bonds. The third kappa shape index (κ3) is 6.04. The molecule has 0 spiro atoms. The number of nitrogens with zero attached hydrogens (tertiary/aromatic N) is 1. The minimum Gasteiger partial charge on any atom is -0.497 e. The van der Waals surface area contributed by atoms with E-state index in [2.05, 4.69) is 5.32 Å². The number of rotatable bonds is 7. The van der Waals surface area contributed by atoms with E-state index in [1.165, 1.54) is 24.3 Å². The molecule has 5 nitrogen and oxygen atoms in total. The minimum absolute atomic E-state index is 0.148. The van der Waals surface area contributed by atoms with Crippen LogP contribution >= 0.6 is 0 Å². The summed E-state index contributed by atoms with van der Waals surface area (Å²) < 4.78 is 18.1. The third-order valence-electron chi connectivity index (χ3n) is 5.32. The van der Waals surface area contributed by atoms with Gasteiger partial charge in [-0.3, -0.25) is 9.59 Å². The van der Waals surface area contributed by atoms with Crippen LogP contribution in [0.1, 0.15) is 35.2 Å². The van der Waals surface area contributed by atoms with E-state index in [0.717, 1.165) is 30.7 Å². The molecule has 2 aromatic carbocycles. The zero-order valence-corrected chi connectivity index (χ0v) is 16.7. The van der Waals surface area contributed by atoms with Crippen LogP contribution in [0, 0.1) is 11.7 Å². The summed E-state index contributed by atoms with van der Waals surface area (Å²) in [5, 5.41) is 2.91. The molecule has 154 valence electrons. The molecule has 29 heavy (non-hydrogen) atoms. The van der Waals surface area contributed by atoms with Crippen molar-refractivity contribution in [2.45, 2.75) is 25.7 Å². The number of hydrogen-bond acceptors (Lipinski definition) is 3. The number of benzene rings is 2. The molecule has 0 radical (unpaired) electrons. The lowest BCUT2D eigenvalue weighted by atomic mass is 9.97. The number of halogens is 1. The van der Waals surface area contributed by atoms with E-state index in [1.807, 2.05) is 29.2 Å². The summed E-state index contributed by atoms with van der Waals surface area (Å²) in [6.45, 7) is 1.94. The van der Waals surface area contributed by atoms with Crippen molar-refractivity contribution in [2.75, 3.05) is 26.7 Å². The topological polar surface area (TPSA) is 58.6 Å². The van der Waals surface area contributed by atoms with Crippen LogP contribution < -0.4 is 10.1 Å². The maximum Gasteiger partial charge on any atom is 0.251 e. The van der Waals surface area contributed by atoms with Crippen LogP contribution in [0.2, 0.25) is 0 Å². The summed E-state index contributed by atoms with van der Waals surface area (Å²) in [4.78, 5) is 26.7. The fourth-order valence-corrected chi connectivity index (χ4v) is 3.60. The first-order valence-corrected chi connectivity index (χ1v) is 9.99. The Bertz CT molecular complexity index is 821. The Balaban J connectivity index is 1.44. The lowest BCUT2D eigenvalue weighted by Crippen LogP contribution is -2.43. The van der Waals surface area contributed by atoms with Crippen LogP contribution in [-0.4, -0.2) is 43.5 Å². The molecule has 1 aliphatic rings. The molecule has 0 aliphatic carbocycles. The molecule has 2 aromatic rings. The molecule has 1 heterocycles. The zero-order chi connectivity index (χ0) is 20.6.